The van der Waals surface area contributed by atoms with E-state index in [1.54, 1.807) is 0 Å². The van der Waals surface area contributed by atoms with Crippen molar-refractivity contribution in [1.82, 2.24) is 0 Å². The maximum atomic E-state index is 2.39. The van der Waals surface area contributed by atoms with Gasteiger partial charge in [-0.15, -0.1) is 0 Å². The summed E-state index contributed by atoms with van der Waals surface area (Å²) in [4.78, 5) is 0. The van der Waals surface area contributed by atoms with Gasteiger partial charge in [0.05, 0.1) is 5.41 Å². The molecule has 0 saturated heterocycles. The molecule has 0 aliphatic heterocycles. The van der Waals surface area contributed by atoms with Gasteiger partial charge in [0, 0.05) is 0 Å². The van der Waals surface area contributed by atoms with Crippen molar-refractivity contribution < 1.29 is 0 Å². The SMILES string of the molecule is Cc1ccc2c(c1)CC1(c3ccccc3-2)c2ccccc2-c2ccccc21. The summed E-state index contributed by atoms with van der Waals surface area (Å²) in [5.41, 5.74) is 12.6. The summed E-state index contributed by atoms with van der Waals surface area (Å²) in [7, 11) is 0. The van der Waals surface area contributed by atoms with E-state index in [4.69, 9.17) is 0 Å². The molecule has 1 spiro atoms. The lowest BCUT2D eigenvalue weighted by atomic mass is 9.63. The molecule has 0 saturated carbocycles. The Morgan fingerprint density at radius 3 is 1.59 bits per heavy atom. The highest BCUT2D eigenvalue weighted by Gasteiger charge is 2.47. The zero-order valence-electron chi connectivity index (χ0n) is 15.4. The average Bonchev–Trinajstić information content (AvgIpc) is 2.99. The summed E-state index contributed by atoms with van der Waals surface area (Å²) >= 11 is 0. The molecule has 128 valence electrons. The van der Waals surface area contributed by atoms with Gasteiger partial charge < -0.3 is 0 Å². The van der Waals surface area contributed by atoms with Crippen molar-refractivity contribution in [2.45, 2.75) is 18.8 Å². The Kier molecular flexibility index (Phi) is 2.89. The first-order valence-electron chi connectivity index (χ1n) is 9.68. The molecule has 6 rings (SSSR count). The molecule has 2 aliphatic rings. The van der Waals surface area contributed by atoms with Crippen molar-refractivity contribution in [3.8, 4) is 22.3 Å². The molecule has 0 heteroatoms. The van der Waals surface area contributed by atoms with E-state index >= 15 is 0 Å². The fourth-order valence-corrected chi connectivity index (χ4v) is 5.41. The molecule has 0 bridgehead atoms. The van der Waals surface area contributed by atoms with Crippen LogP contribution in [-0.4, -0.2) is 0 Å². The van der Waals surface area contributed by atoms with Crippen molar-refractivity contribution >= 4 is 0 Å². The molecule has 0 fully saturated rings. The van der Waals surface area contributed by atoms with Gasteiger partial charge in [-0.3, -0.25) is 0 Å². The predicted molar refractivity (Wildman–Crippen MR) is 112 cm³/mol. The van der Waals surface area contributed by atoms with Crippen LogP contribution in [0.2, 0.25) is 0 Å². The Balaban J connectivity index is 1.78. The van der Waals surface area contributed by atoms with Crippen LogP contribution in [0.5, 0.6) is 0 Å². The Hall–Kier alpha value is -3.12. The first-order valence-corrected chi connectivity index (χ1v) is 9.68. The van der Waals surface area contributed by atoms with E-state index in [1.165, 1.54) is 50.1 Å². The maximum Gasteiger partial charge on any atom is 0.0510 e. The van der Waals surface area contributed by atoms with Gasteiger partial charge in [0.2, 0.25) is 0 Å². The fraction of sp³-hybridized carbons (Fsp3) is 0.111. The van der Waals surface area contributed by atoms with Crippen LogP contribution in [0.3, 0.4) is 0 Å². The van der Waals surface area contributed by atoms with E-state index in [0.717, 1.165) is 6.42 Å². The second kappa shape index (κ2) is 5.20. The molecule has 0 N–H and O–H groups in total. The number of aryl methyl sites for hydroxylation is 1. The van der Waals surface area contributed by atoms with Crippen molar-refractivity contribution in [1.29, 1.82) is 0 Å². The summed E-state index contributed by atoms with van der Waals surface area (Å²) in [5, 5.41) is 0. The van der Waals surface area contributed by atoms with Crippen LogP contribution in [0.25, 0.3) is 22.3 Å². The monoisotopic (exact) mass is 344 g/mol. The van der Waals surface area contributed by atoms with Crippen LogP contribution in [-0.2, 0) is 11.8 Å². The Morgan fingerprint density at radius 1 is 0.556 bits per heavy atom. The minimum absolute atomic E-state index is 0.0927. The van der Waals surface area contributed by atoms with Gasteiger partial charge in [-0.25, -0.2) is 0 Å². The second-order valence-corrected chi connectivity index (χ2v) is 7.88. The smallest absolute Gasteiger partial charge is 0.0510 e. The highest BCUT2D eigenvalue weighted by molar-refractivity contribution is 5.88. The summed E-state index contributed by atoms with van der Waals surface area (Å²) in [6.07, 6.45) is 1.02. The number of hydrogen-bond donors (Lipinski definition) is 0. The summed E-state index contributed by atoms with van der Waals surface area (Å²) in [6.45, 7) is 2.20. The lowest BCUT2D eigenvalue weighted by molar-refractivity contribution is 0.622. The Labute approximate surface area is 160 Å². The first kappa shape index (κ1) is 15.0. The highest BCUT2D eigenvalue weighted by Crippen LogP contribution is 2.58. The molecule has 0 amide bonds. The van der Waals surface area contributed by atoms with Gasteiger partial charge in [0.15, 0.2) is 0 Å². The van der Waals surface area contributed by atoms with Gasteiger partial charge in [0.1, 0.15) is 0 Å². The standard InChI is InChI=1S/C27H20/c1-18-14-15-20-19(16-18)17-27(24-11-5-2-8-21(20)24)25-12-6-3-9-22(25)23-10-4-7-13-26(23)27/h2-16H,17H2,1H3. The van der Waals surface area contributed by atoms with Gasteiger partial charge >= 0.3 is 0 Å². The molecule has 0 aromatic heterocycles. The molecule has 0 radical (unpaired) electrons. The first-order chi connectivity index (χ1) is 13.3. The quantitative estimate of drug-likeness (QED) is 0.340. The van der Waals surface area contributed by atoms with Crippen LogP contribution in [0.1, 0.15) is 27.8 Å². The molecule has 2 aliphatic carbocycles. The van der Waals surface area contributed by atoms with Crippen LogP contribution in [0, 0.1) is 6.92 Å². The van der Waals surface area contributed by atoms with Gasteiger partial charge in [-0.2, -0.15) is 0 Å². The topological polar surface area (TPSA) is 0 Å². The Morgan fingerprint density at radius 2 is 1.04 bits per heavy atom. The normalized spacial score (nSPS) is 15.0. The molecule has 4 aromatic rings. The third-order valence-corrected chi connectivity index (χ3v) is 6.46. The van der Waals surface area contributed by atoms with E-state index in [0.29, 0.717) is 0 Å². The van der Waals surface area contributed by atoms with Crippen molar-refractivity contribution in [2.75, 3.05) is 0 Å². The van der Waals surface area contributed by atoms with E-state index in [1.807, 2.05) is 0 Å². The molecule has 0 heterocycles. The molecule has 27 heavy (non-hydrogen) atoms. The van der Waals surface area contributed by atoms with Gasteiger partial charge in [-0.05, 0) is 57.9 Å². The predicted octanol–water partition coefficient (Wildman–Crippen LogP) is 6.53. The Bertz CT molecular complexity index is 1170. The molecular formula is C27H20. The lowest BCUT2D eigenvalue weighted by Gasteiger charge is -2.39. The summed E-state index contributed by atoms with van der Waals surface area (Å²) in [6, 6.07) is 33.9. The van der Waals surface area contributed by atoms with E-state index in [-0.39, 0.29) is 5.41 Å². The summed E-state index contributed by atoms with van der Waals surface area (Å²) in [5.74, 6) is 0. The zero-order valence-corrected chi connectivity index (χ0v) is 15.4. The minimum atomic E-state index is -0.0927. The van der Waals surface area contributed by atoms with Crippen LogP contribution in [0.4, 0.5) is 0 Å². The highest BCUT2D eigenvalue weighted by atomic mass is 14.5. The summed E-state index contributed by atoms with van der Waals surface area (Å²) < 4.78 is 0. The largest absolute Gasteiger partial charge is 0.0619 e. The molecule has 4 aromatic carbocycles. The van der Waals surface area contributed by atoms with Crippen molar-refractivity contribution in [2.24, 2.45) is 0 Å². The average molecular weight is 344 g/mol. The van der Waals surface area contributed by atoms with Gasteiger partial charge in [-0.1, -0.05) is 96.6 Å². The number of fused-ring (bicyclic) bond motifs is 9. The van der Waals surface area contributed by atoms with Crippen molar-refractivity contribution in [3.05, 3.63) is 119 Å². The third-order valence-electron chi connectivity index (χ3n) is 6.46. The molecular weight excluding hydrogens is 324 g/mol. The number of benzene rings is 4. The molecule has 0 atom stereocenters. The number of rotatable bonds is 0. The molecule has 0 nitrogen and oxygen atoms in total. The van der Waals surface area contributed by atoms with Crippen molar-refractivity contribution in [3.63, 3.8) is 0 Å². The van der Waals surface area contributed by atoms with E-state index in [2.05, 4.69) is 97.9 Å². The molecule has 0 unspecified atom stereocenters. The van der Waals surface area contributed by atoms with Gasteiger partial charge in [0.25, 0.3) is 0 Å². The lowest BCUT2D eigenvalue weighted by Crippen LogP contribution is -2.33. The van der Waals surface area contributed by atoms with E-state index in [9.17, 15) is 0 Å². The fourth-order valence-electron chi connectivity index (χ4n) is 5.41. The maximum absolute atomic E-state index is 2.39. The number of hydrogen-bond acceptors (Lipinski definition) is 0. The minimum Gasteiger partial charge on any atom is -0.0619 e. The van der Waals surface area contributed by atoms with E-state index < -0.39 is 0 Å². The van der Waals surface area contributed by atoms with Crippen LogP contribution >= 0.6 is 0 Å². The zero-order chi connectivity index (χ0) is 18.0. The van der Waals surface area contributed by atoms with Crippen LogP contribution < -0.4 is 0 Å². The second-order valence-electron chi connectivity index (χ2n) is 7.88. The van der Waals surface area contributed by atoms with Crippen LogP contribution in [0.15, 0.2) is 91.0 Å². The third kappa shape index (κ3) is 1.83.